The lowest BCUT2D eigenvalue weighted by atomic mass is 9.97. The molecule has 1 N–H and O–H groups in total. The number of aliphatic hydroxyl groups excluding tert-OH is 1. The quantitative estimate of drug-likeness (QED) is 0.934. The van der Waals surface area contributed by atoms with Crippen LogP contribution in [0.1, 0.15) is 31.5 Å². The van der Waals surface area contributed by atoms with Gasteiger partial charge in [-0.2, -0.15) is 0 Å². The van der Waals surface area contributed by atoms with E-state index < -0.39 is 0 Å². The number of aromatic nitrogens is 3. The highest BCUT2D eigenvalue weighted by Crippen LogP contribution is 2.25. The highest BCUT2D eigenvalue weighted by Gasteiger charge is 2.25. The van der Waals surface area contributed by atoms with Gasteiger partial charge in [-0.3, -0.25) is 4.90 Å². The Morgan fingerprint density at radius 2 is 2.14 bits per heavy atom. The van der Waals surface area contributed by atoms with Gasteiger partial charge < -0.3 is 5.11 Å². The van der Waals surface area contributed by atoms with Crippen molar-refractivity contribution in [3.63, 3.8) is 0 Å². The van der Waals surface area contributed by atoms with E-state index in [0.29, 0.717) is 5.92 Å². The molecule has 0 radical (unpaired) electrons. The first-order chi connectivity index (χ1) is 10.3. The molecule has 2 atom stereocenters. The van der Waals surface area contributed by atoms with Crippen LogP contribution in [-0.4, -0.2) is 44.7 Å². The largest absolute Gasteiger partial charge is 0.396 e. The molecule has 2 unspecified atom stereocenters. The second-order valence-corrected chi connectivity index (χ2v) is 5.79. The van der Waals surface area contributed by atoms with Crippen LogP contribution in [0.3, 0.4) is 0 Å². The van der Waals surface area contributed by atoms with Gasteiger partial charge >= 0.3 is 0 Å². The van der Waals surface area contributed by atoms with E-state index in [1.807, 2.05) is 41.2 Å². The Morgan fingerprint density at radius 1 is 1.33 bits per heavy atom. The number of nitrogens with zero attached hydrogens (tertiary/aromatic N) is 4. The molecule has 21 heavy (non-hydrogen) atoms. The molecule has 1 aromatic heterocycles. The minimum absolute atomic E-state index is 0.233. The molecule has 1 fully saturated rings. The van der Waals surface area contributed by atoms with E-state index in [1.165, 1.54) is 0 Å². The number of hydrogen-bond donors (Lipinski definition) is 1. The maximum atomic E-state index is 9.36. The molecule has 5 heteroatoms. The topological polar surface area (TPSA) is 54.2 Å². The normalized spacial score (nSPS) is 21.3. The van der Waals surface area contributed by atoms with E-state index in [9.17, 15) is 5.11 Å². The Morgan fingerprint density at radius 3 is 2.90 bits per heavy atom. The Balaban J connectivity index is 1.73. The van der Waals surface area contributed by atoms with Gasteiger partial charge in [0.05, 0.1) is 23.6 Å². The summed E-state index contributed by atoms with van der Waals surface area (Å²) < 4.78 is 1.82. The number of benzene rings is 1. The SMILES string of the molecule is CC(c1cn(-c2ccccc2)nn1)N1CCCC(CO)C1. The molecule has 5 nitrogen and oxygen atoms in total. The first-order valence-electron chi connectivity index (χ1n) is 7.60. The molecule has 0 amide bonds. The van der Waals surface area contributed by atoms with E-state index in [4.69, 9.17) is 0 Å². The maximum Gasteiger partial charge on any atom is 0.1000 e. The Kier molecular flexibility index (Phi) is 4.31. The van der Waals surface area contributed by atoms with Gasteiger partial charge in [0.25, 0.3) is 0 Å². The van der Waals surface area contributed by atoms with Gasteiger partial charge in [0.15, 0.2) is 0 Å². The third-order valence-corrected chi connectivity index (χ3v) is 4.32. The predicted molar refractivity (Wildman–Crippen MR) is 81.2 cm³/mol. The monoisotopic (exact) mass is 286 g/mol. The molecule has 0 spiro atoms. The predicted octanol–water partition coefficient (Wildman–Crippen LogP) is 2.03. The lowest BCUT2D eigenvalue weighted by molar-refractivity contribution is 0.0921. The first-order valence-corrected chi connectivity index (χ1v) is 7.60. The molecule has 1 aliphatic rings. The minimum atomic E-state index is 0.233. The summed E-state index contributed by atoms with van der Waals surface area (Å²) in [4.78, 5) is 2.39. The number of aliphatic hydroxyl groups is 1. The van der Waals surface area contributed by atoms with Gasteiger partial charge in [-0.1, -0.05) is 23.4 Å². The Labute approximate surface area is 125 Å². The van der Waals surface area contributed by atoms with Gasteiger partial charge in [-0.25, -0.2) is 4.68 Å². The van der Waals surface area contributed by atoms with Gasteiger partial charge in [0.1, 0.15) is 0 Å². The van der Waals surface area contributed by atoms with Crippen LogP contribution in [0, 0.1) is 5.92 Å². The van der Waals surface area contributed by atoms with E-state index in [1.54, 1.807) is 0 Å². The lowest BCUT2D eigenvalue weighted by Crippen LogP contribution is -2.38. The van der Waals surface area contributed by atoms with Crippen molar-refractivity contribution in [1.29, 1.82) is 0 Å². The highest BCUT2D eigenvalue weighted by atomic mass is 16.3. The summed E-state index contributed by atoms with van der Waals surface area (Å²) in [6.07, 6.45) is 4.27. The third kappa shape index (κ3) is 3.14. The standard InChI is InChI=1S/C16H22N4O/c1-13(19-9-5-6-14(10-19)12-21)16-11-20(18-17-16)15-7-3-2-4-8-15/h2-4,7-8,11,13-14,21H,5-6,9-10,12H2,1H3. The zero-order chi connectivity index (χ0) is 14.7. The lowest BCUT2D eigenvalue weighted by Gasteiger charge is -2.35. The van der Waals surface area contributed by atoms with Crippen LogP contribution in [0.2, 0.25) is 0 Å². The molecule has 3 rings (SSSR count). The number of rotatable bonds is 4. The van der Waals surface area contributed by atoms with E-state index in [-0.39, 0.29) is 12.6 Å². The second-order valence-electron chi connectivity index (χ2n) is 5.79. The molecular formula is C16H22N4O. The molecule has 1 saturated heterocycles. The van der Waals surface area contributed by atoms with Crippen LogP contribution < -0.4 is 0 Å². The molecule has 1 aromatic carbocycles. The molecule has 0 aliphatic carbocycles. The fourth-order valence-corrected chi connectivity index (χ4v) is 2.96. The third-order valence-electron chi connectivity index (χ3n) is 4.32. The summed E-state index contributed by atoms with van der Waals surface area (Å²) in [7, 11) is 0. The van der Waals surface area contributed by atoms with Crippen molar-refractivity contribution in [3.8, 4) is 5.69 Å². The summed E-state index contributed by atoms with van der Waals surface area (Å²) in [5.74, 6) is 0.394. The van der Waals surface area contributed by atoms with Gasteiger partial charge in [-0.15, -0.1) is 5.10 Å². The van der Waals surface area contributed by atoms with E-state index in [0.717, 1.165) is 37.3 Å². The van der Waals surface area contributed by atoms with Gasteiger partial charge in [0, 0.05) is 13.2 Å². The zero-order valence-corrected chi connectivity index (χ0v) is 12.4. The number of para-hydroxylation sites is 1. The molecule has 1 aliphatic heterocycles. The van der Waals surface area contributed by atoms with Gasteiger partial charge in [0.2, 0.25) is 0 Å². The van der Waals surface area contributed by atoms with E-state index >= 15 is 0 Å². The van der Waals surface area contributed by atoms with Crippen LogP contribution in [-0.2, 0) is 0 Å². The van der Waals surface area contributed by atoms with Gasteiger partial charge in [-0.05, 0) is 44.4 Å². The summed E-state index contributed by atoms with van der Waals surface area (Å²) in [6, 6.07) is 10.3. The molecule has 112 valence electrons. The van der Waals surface area contributed by atoms with Crippen molar-refractivity contribution in [3.05, 3.63) is 42.2 Å². The van der Waals surface area contributed by atoms with Crippen LogP contribution >= 0.6 is 0 Å². The fraction of sp³-hybridized carbons (Fsp3) is 0.500. The van der Waals surface area contributed by atoms with Crippen LogP contribution in [0.25, 0.3) is 5.69 Å². The number of likely N-dealkylation sites (tertiary alicyclic amines) is 1. The number of piperidine rings is 1. The molecule has 2 aromatic rings. The van der Waals surface area contributed by atoms with Crippen molar-refractivity contribution in [2.24, 2.45) is 5.92 Å². The van der Waals surface area contributed by atoms with Crippen LogP contribution in [0.5, 0.6) is 0 Å². The van der Waals surface area contributed by atoms with E-state index in [2.05, 4.69) is 22.1 Å². The van der Waals surface area contributed by atoms with Crippen molar-refractivity contribution >= 4 is 0 Å². The second kappa shape index (κ2) is 6.37. The average Bonchev–Trinajstić information content (AvgIpc) is 3.05. The highest BCUT2D eigenvalue weighted by molar-refractivity contribution is 5.30. The van der Waals surface area contributed by atoms with Crippen molar-refractivity contribution in [2.75, 3.05) is 19.7 Å². The summed E-state index contributed by atoms with van der Waals surface area (Å²) in [6.45, 7) is 4.45. The molecule has 0 bridgehead atoms. The minimum Gasteiger partial charge on any atom is -0.396 e. The Bertz CT molecular complexity index is 569. The average molecular weight is 286 g/mol. The summed E-state index contributed by atoms with van der Waals surface area (Å²) in [5, 5.41) is 17.9. The van der Waals surface area contributed by atoms with Crippen molar-refractivity contribution in [1.82, 2.24) is 19.9 Å². The molecular weight excluding hydrogens is 264 g/mol. The number of hydrogen-bond acceptors (Lipinski definition) is 4. The molecule has 2 heterocycles. The van der Waals surface area contributed by atoms with Crippen molar-refractivity contribution in [2.45, 2.75) is 25.8 Å². The fourth-order valence-electron chi connectivity index (χ4n) is 2.96. The smallest absolute Gasteiger partial charge is 0.1000 e. The Hall–Kier alpha value is -1.72. The molecule has 0 saturated carbocycles. The maximum absolute atomic E-state index is 9.36. The summed E-state index contributed by atoms with van der Waals surface area (Å²) in [5.41, 5.74) is 2.01. The first kappa shape index (κ1) is 14.2. The zero-order valence-electron chi connectivity index (χ0n) is 12.4. The van der Waals surface area contributed by atoms with Crippen LogP contribution in [0.4, 0.5) is 0 Å². The summed E-state index contributed by atoms with van der Waals surface area (Å²) >= 11 is 0. The van der Waals surface area contributed by atoms with Crippen LogP contribution in [0.15, 0.2) is 36.5 Å². The van der Waals surface area contributed by atoms with Crippen molar-refractivity contribution < 1.29 is 5.11 Å².